The Labute approximate surface area is 198 Å². The van der Waals surface area contributed by atoms with Gasteiger partial charge in [-0.15, -0.1) is 10.2 Å². The molecule has 0 aliphatic heterocycles. The van der Waals surface area contributed by atoms with E-state index in [0.29, 0.717) is 21.6 Å². The lowest BCUT2D eigenvalue weighted by Crippen LogP contribution is -2.28. The number of carbonyl (C=O) groups excluding carboxylic acids is 2. The quantitative estimate of drug-likeness (QED) is 0.437. The first kappa shape index (κ1) is 23.3. The number of hydrogen-bond acceptors (Lipinski definition) is 5. The number of thioether (sulfide) groups is 1. The molecule has 0 saturated heterocycles. The highest BCUT2D eigenvalue weighted by Gasteiger charge is 2.19. The summed E-state index contributed by atoms with van der Waals surface area (Å²) in [6, 6.07) is 12.0. The highest BCUT2D eigenvalue weighted by Crippen LogP contribution is 2.22. The minimum absolute atomic E-state index is 0.135. The molecule has 0 radical (unpaired) electrons. The second-order valence-electron chi connectivity index (χ2n) is 6.90. The Kier molecular flexibility index (Phi) is 7.74. The maximum atomic E-state index is 12.4. The highest BCUT2D eigenvalue weighted by molar-refractivity contribution is 9.10. The van der Waals surface area contributed by atoms with Gasteiger partial charge in [-0.2, -0.15) is 0 Å². The van der Waals surface area contributed by atoms with Crippen LogP contribution in [0, 0.1) is 6.92 Å². The third-order valence-corrected chi connectivity index (χ3v) is 6.27. The number of benzene rings is 2. The summed E-state index contributed by atoms with van der Waals surface area (Å²) in [5, 5.41) is 15.3. The summed E-state index contributed by atoms with van der Waals surface area (Å²) >= 11 is 10.6. The van der Waals surface area contributed by atoms with Crippen molar-refractivity contribution in [3.8, 4) is 0 Å². The van der Waals surface area contributed by atoms with Crippen molar-refractivity contribution in [2.75, 3.05) is 11.1 Å². The molecule has 10 heteroatoms. The van der Waals surface area contributed by atoms with Crippen molar-refractivity contribution in [2.24, 2.45) is 7.05 Å². The van der Waals surface area contributed by atoms with Crippen molar-refractivity contribution in [3.05, 3.63) is 68.9 Å². The molecule has 1 heterocycles. The molecule has 0 aliphatic rings. The monoisotopic (exact) mass is 521 g/mol. The van der Waals surface area contributed by atoms with Gasteiger partial charge in [-0.1, -0.05) is 39.3 Å². The molecule has 1 aromatic heterocycles. The molecule has 2 N–H and O–H groups in total. The number of hydrogen-bond donors (Lipinski definition) is 2. The van der Waals surface area contributed by atoms with Gasteiger partial charge in [0.2, 0.25) is 5.91 Å². The van der Waals surface area contributed by atoms with Crippen molar-refractivity contribution in [1.29, 1.82) is 0 Å². The number of carbonyl (C=O) groups is 2. The van der Waals surface area contributed by atoms with E-state index in [4.69, 9.17) is 11.6 Å². The van der Waals surface area contributed by atoms with Crippen LogP contribution in [0.15, 0.2) is 52.1 Å². The Morgan fingerprint density at radius 3 is 2.58 bits per heavy atom. The van der Waals surface area contributed by atoms with Gasteiger partial charge in [0.15, 0.2) is 11.0 Å². The first-order chi connectivity index (χ1) is 14.7. The number of aryl methyl sites for hydroxylation is 1. The van der Waals surface area contributed by atoms with E-state index < -0.39 is 0 Å². The van der Waals surface area contributed by atoms with E-state index in [1.54, 1.807) is 35.9 Å². The molecule has 162 valence electrons. The fourth-order valence-corrected chi connectivity index (χ4v) is 4.18. The van der Waals surface area contributed by atoms with Gasteiger partial charge in [0.05, 0.1) is 11.8 Å². The van der Waals surface area contributed by atoms with Crippen molar-refractivity contribution in [3.63, 3.8) is 0 Å². The van der Waals surface area contributed by atoms with Crippen molar-refractivity contribution in [2.45, 2.75) is 25.0 Å². The normalized spacial score (nSPS) is 11.8. The first-order valence-electron chi connectivity index (χ1n) is 9.39. The summed E-state index contributed by atoms with van der Waals surface area (Å²) < 4.78 is 2.73. The molecule has 3 aromatic rings. The summed E-state index contributed by atoms with van der Waals surface area (Å²) in [4.78, 5) is 24.8. The zero-order chi connectivity index (χ0) is 22.5. The Hall–Kier alpha value is -2.36. The maximum Gasteiger partial charge on any atom is 0.251 e. The third kappa shape index (κ3) is 6.09. The summed E-state index contributed by atoms with van der Waals surface area (Å²) in [7, 11) is 1.80. The minimum atomic E-state index is -0.366. The zero-order valence-electron chi connectivity index (χ0n) is 17.1. The number of anilines is 1. The van der Waals surface area contributed by atoms with E-state index in [1.165, 1.54) is 11.8 Å². The van der Waals surface area contributed by atoms with Crippen LogP contribution in [0.4, 0.5) is 5.69 Å². The Morgan fingerprint density at radius 1 is 1.19 bits per heavy atom. The average Bonchev–Trinajstić information content (AvgIpc) is 3.09. The highest BCUT2D eigenvalue weighted by atomic mass is 79.9. The number of halogens is 2. The van der Waals surface area contributed by atoms with E-state index in [2.05, 4.69) is 36.8 Å². The largest absolute Gasteiger partial charge is 0.342 e. The van der Waals surface area contributed by atoms with Crippen LogP contribution in [0.5, 0.6) is 0 Å². The van der Waals surface area contributed by atoms with Crippen LogP contribution in [-0.2, 0) is 11.8 Å². The van der Waals surface area contributed by atoms with Crippen LogP contribution in [0.1, 0.15) is 34.7 Å². The Balaban J connectivity index is 1.58. The second kappa shape index (κ2) is 10.3. The molecular weight excluding hydrogens is 502 g/mol. The van der Waals surface area contributed by atoms with Crippen LogP contribution in [0.2, 0.25) is 5.02 Å². The molecule has 31 heavy (non-hydrogen) atoms. The summed E-state index contributed by atoms with van der Waals surface area (Å²) in [5.74, 6) is 0.413. The molecule has 0 unspecified atom stereocenters. The number of nitrogens with zero attached hydrogens (tertiary/aromatic N) is 3. The SMILES string of the molecule is Cc1cc(Br)ccc1NC(=O)CSc1nnc([C@H](C)NC(=O)c2ccc(Cl)cc2)n1C. The van der Waals surface area contributed by atoms with E-state index in [9.17, 15) is 9.59 Å². The molecule has 1 atom stereocenters. The van der Waals surface area contributed by atoms with Crippen LogP contribution in [-0.4, -0.2) is 32.3 Å². The number of amides is 2. The minimum Gasteiger partial charge on any atom is -0.342 e. The van der Waals surface area contributed by atoms with Crippen molar-refractivity contribution < 1.29 is 9.59 Å². The van der Waals surface area contributed by atoms with Crippen LogP contribution in [0.25, 0.3) is 0 Å². The summed E-state index contributed by atoms with van der Waals surface area (Å²) in [6.07, 6.45) is 0. The lowest BCUT2D eigenvalue weighted by atomic mass is 10.2. The molecule has 3 rings (SSSR count). The average molecular weight is 523 g/mol. The van der Waals surface area contributed by atoms with E-state index in [-0.39, 0.29) is 23.6 Å². The maximum absolute atomic E-state index is 12.4. The molecule has 2 amide bonds. The summed E-state index contributed by atoms with van der Waals surface area (Å²) in [6.45, 7) is 3.76. The second-order valence-corrected chi connectivity index (χ2v) is 9.19. The molecule has 0 spiro atoms. The molecule has 0 bridgehead atoms. The third-order valence-electron chi connectivity index (χ3n) is 4.50. The fraction of sp³-hybridized carbons (Fsp3) is 0.238. The lowest BCUT2D eigenvalue weighted by molar-refractivity contribution is -0.113. The van der Waals surface area contributed by atoms with E-state index >= 15 is 0 Å². The zero-order valence-corrected chi connectivity index (χ0v) is 20.3. The fourth-order valence-electron chi connectivity index (χ4n) is 2.86. The number of nitrogens with one attached hydrogen (secondary N) is 2. The first-order valence-corrected chi connectivity index (χ1v) is 11.5. The van der Waals surface area contributed by atoms with Crippen LogP contribution < -0.4 is 10.6 Å². The molecule has 7 nitrogen and oxygen atoms in total. The van der Waals surface area contributed by atoms with Gasteiger partial charge in [-0.3, -0.25) is 9.59 Å². The van der Waals surface area contributed by atoms with Gasteiger partial charge >= 0.3 is 0 Å². The van der Waals surface area contributed by atoms with Gasteiger partial charge in [-0.05, 0) is 61.9 Å². The Bertz CT molecular complexity index is 1100. The van der Waals surface area contributed by atoms with Gasteiger partial charge in [0.25, 0.3) is 5.91 Å². The van der Waals surface area contributed by atoms with E-state index in [0.717, 1.165) is 15.7 Å². The van der Waals surface area contributed by atoms with Crippen LogP contribution >= 0.6 is 39.3 Å². The predicted molar refractivity (Wildman–Crippen MR) is 127 cm³/mol. The molecule has 2 aromatic carbocycles. The summed E-state index contributed by atoms with van der Waals surface area (Å²) in [5.41, 5.74) is 2.25. The predicted octanol–water partition coefficient (Wildman–Crippen LogP) is 4.76. The van der Waals surface area contributed by atoms with Crippen molar-refractivity contribution in [1.82, 2.24) is 20.1 Å². The smallest absolute Gasteiger partial charge is 0.251 e. The lowest BCUT2D eigenvalue weighted by Gasteiger charge is -2.13. The van der Waals surface area contributed by atoms with Crippen LogP contribution in [0.3, 0.4) is 0 Å². The van der Waals surface area contributed by atoms with Gasteiger partial charge < -0.3 is 15.2 Å². The van der Waals surface area contributed by atoms with Gasteiger partial charge in [0.1, 0.15) is 0 Å². The standard InChI is InChI=1S/C21H21BrClN5O2S/c1-12-10-15(22)6-9-17(12)25-18(29)11-31-21-27-26-19(28(21)3)13(2)24-20(30)14-4-7-16(23)8-5-14/h4-10,13H,11H2,1-3H3,(H,24,30)(H,25,29)/t13-/m0/s1. The molecule has 0 fully saturated rings. The number of rotatable bonds is 7. The topological polar surface area (TPSA) is 88.9 Å². The van der Waals surface area contributed by atoms with Crippen molar-refractivity contribution >= 4 is 56.8 Å². The van der Waals surface area contributed by atoms with E-state index in [1.807, 2.05) is 32.0 Å². The Morgan fingerprint density at radius 2 is 1.90 bits per heavy atom. The van der Waals surface area contributed by atoms with Gasteiger partial charge in [-0.25, -0.2) is 0 Å². The number of aromatic nitrogens is 3. The van der Waals surface area contributed by atoms with Gasteiger partial charge in [0, 0.05) is 27.8 Å². The molecule has 0 aliphatic carbocycles. The molecule has 0 saturated carbocycles. The molecular formula is C21H21BrClN5O2S.